The lowest BCUT2D eigenvalue weighted by Gasteiger charge is -2.57. The van der Waals surface area contributed by atoms with Crippen molar-refractivity contribution in [3.63, 3.8) is 0 Å². The first-order valence-electron chi connectivity index (χ1n) is 7.06. The molecule has 2 saturated heterocycles. The van der Waals surface area contributed by atoms with Crippen LogP contribution < -0.4 is 0 Å². The molecule has 4 nitrogen and oxygen atoms in total. The van der Waals surface area contributed by atoms with Crippen molar-refractivity contribution in [2.75, 3.05) is 13.1 Å². The standard InChI is InChI=1S/C15H21N3O/c1-10(2)17-8-12-7-13(9-17)18(12)15(19)14-5-4-6-16-11(14)3/h4-6,10,12-13H,7-9H2,1-3H3. The van der Waals surface area contributed by atoms with Crippen LogP contribution in [0.3, 0.4) is 0 Å². The second-order valence-corrected chi connectivity index (χ2v) is 5.94. The van der Waals surface area contributed by atoms with E-state index in [9.17, 15) is 4.79 Å². The number of hydrogen-bond donors (Lipinski definition) is 0. The summed E-state index contributed by atoms with van der Waals surface area (Å²) in [5, 5.41) is 0. The van der Waals surface area contributed by atoms with E-state index in [1.165, 1.54) is 0 Å². The number of rotatable bonds is 2. The van der Waals surface area contributed by atoms with Gasteiger partial charge in [-0.3, -0.25) is 14.7 Å². The average molecular weight is 259 g/mol. The van der Waals surface area contributed by atoms with Crippen molar-refractivity contribution in [3.05, 3.63) is 29.6 Å². The summed E-state index contributed by atoms with van der Waals surface area (Å²) in [5.41, 5.74) is 1.59. The predicted molar refractivity (Wildman–Crippen MR) is 74.0 cm³/mol. The first kappa shape index (κ1) is 12.6. The van der Waals surface area contributed by atoms with Crippen LogP contribution in [0.2, 0.25) is 0 Å². The summed E-state index contributed by atoms with van der Waals surface area (Å²) in [6.07, 6.45) is 2.90. The zero-order chi connectivity index (χ0) is 13.6. The summed E-state index contributed by atoms with van der Waals surface area (Å²) < 4.78 is 0. The van der Waals surface area contributed by atoms with Gasteiger partial charge in [-0.15, -0.1) is 0 Å². The molecule has 19 heavy (non-hydrogen) atoms. The Morgan fingerprint density at radius 2 is 2.05 bits per heavy atom. The Balaban J connectivity index is 1.76. The highest BCUT2D eigenvalue weighted by Crippen LogP contribution is 2.34. The van der Waals surface area contributed by atoms with Gasteiger partial charge in [0.1, 0.15) is 0 Å². The van der Waals surface area contributed by atoms with E-state index in [0.29, 0.717) is 18.1 Å². The van der Waals surface area contributed by atoms with Gasteiger partial charge >= 0.3 is 0 Å². The molecule has 1 aromatic heterocycles. The van der Waals surface area contributed by atoms with Gasteiger partial charge in [0.05, 0.1) is 5.56 Å². The number of likely N-dealkylation sites (tertiary alicyclic amines) is 2. The largest absolute Gasteiger partial charge is 0.330 e. The molecule has 1 amide bonds. The van der Waals surface area contributed by atoms with Gasteiger partial charge in [0.25, 0.3) is 5.91 Å². The summed E-state index contributed by atoms with van der Waals surface area (Å²) in [7, 11) is 0. The third-order valence-corrected chi connectivity index (χ3v) is 4.42. The van der Waals surface area contributed by atoms with E-state index in [0.717, 1.165) is 30.8 Å². The molecule has 0 aromatic carbocycles. The van der Waals surface area contributed by atoms with Crippen molar-refractivity contribution in [1.29, 1.82) is 0 Å². The highest BCUT2D eigenvalue weighted by atomic mass is 16.2. The normalized spacial score (nSPS) is 26.4. The Morgan fingerprint density at radius 3 is 2.63 bits per heavy atom. The van der Waals surface area contributed by atoms with Crippen LogP contribution in [-0.4, -0.2) is 51.9 Å². The smallest absolute Gasteiger partial charge is 0.256 e. The molecule has 0 radical (unpaired) electrons. The van der Waals surface area contributed by atoms with E-state index in [-0.39, 0.29) is 5.91 Å². The number of piperidine rings is 1. The molecular weight excluding hydrogens is 238 g/mol. The van der Waals surface area contributed by atoms with Crippen LogP contribution in [0.25, 0.3) is 0 Å². The molecule has 4 heteroatoms. The van der Waals surface area contributed by atoms with Gasteiger partial charge in [-0.1, -0.05) is 0 Å². The highest BCUT2D eigenvalue weighted by molar-refractivity contribution is 5.96. The molecule has 1 aromatic rings. The maximum Gasteiger partial charge on any atom is 0.256 e. The Kier molecular flexibility index (Phi) is 3.05. The van der Waals surface area contributed by atoms with Crippen LogP contribution in [0, 0.1) is 6.92 Å². The molecule has 2 aliphatic rings. The van der Waals surface area contributed by atoms with Gasteiger partial charge in [0.15, 0.2) is 0 Å². The van der Waals surface area contributed by atoms with Gasteiger partial charge in [0.2, 0.25) is 0 Å². The van der Waals surface area contributed by atoms with Crippen molar-refractivity contribution < 1.29 is 4.79 Å². The van der Waals surface area contributed by atoms with E-state index < -0.39 is 0 Å². The quantitative estimate of drug-likeness (QED) is 0.811. The van der Waals surface area contributed by atoms with Crippen molar-refractivity contribution in [1.82, 2.24) is 14.8 Å². The third-order valence-electron chi connectivity index (χ3n) is 4.42. The molecular formula is C15H21N3O. The minimum atomic E-state index is 0.162. The number of aryl methyl sites for hydroxylation is 1. The minimum Gasteiger partial charge on any atom is -0.330 e. The van der Waals surface area contributed by atoms with Crippen molar-refractivity contribution in [2.24, 2.45) is 0 Å². The van der Waals surface area contributed by atoms with Crippen LogP contribution in [-0.2, 0) is 0 Å². The Bertz CT molecular complexity index is 488. The highest BCUT2D eigenvalue weighted by Gasteiger charge is 2.47. The van der Waals surface area contributed by atoms with E-state index >= 15 is 0 Å². The zero-order valence-electron chi connectivity index (χ0n) is 11.8. The molecule has 2 bridgehead atoms. The lowest BCUT2D eigenvalue weighted by molar-refractivity contribution is -0.0563. The minimum absolute atomic E-state index is 0.162. The third kappa shape index (κ3) is 2.04. The molecule has 2 atom stereocenters. The molecule has 2 fully saturated rings. The van der Waals surface area contributed by atoms with Gasteiger partial charge in [-0.05, 0) is 39.3 Å². The average Bonchev–Trinajstić information content (AvgIpc) is 2.39. The summed E-state index contributed by atoms with van der Waals surface area (Å²) in [6, 6.07) is 5.10. The van der Waals surface area contributed by atoms with Gasteiger partial charge in [0, 0.05) is 43.1 Å². The topological polar surface area (TPSA) is 36.4 Å². The second kappa shape index (κ2) is 4.60. The monoisotopic (exact) mass is 259 g/mol. The Morgan fingerprint density at radius 1 is 1.37 bits per heavy atom. The Labute approximate surface area is 114 Å². The van der Waals surface area contributed by atoms with E-state index in [1.54, 1.807) is 6.20 Å². The fraction of sp³-hybridized carbons (Fsp3) is 0.600. The number of fused-ring (bicyclic) bond motifs is 2. The van der Waals surface area contributed by atoms with Crippen LogP contribution in [0.4, 0.5) is 0 Å². The summed E-state index contributed by atoms with van der Waals surface area (Å²) in [4.78, 5) is 21.4. The number of aromatic nitrogens is 1. The SMILES string of the molecule is Cc1ncccc1C(=O)N1C2CC1CN(C(C)C)C2. The maximum absolute atomic E-state index is 12.6. The van der Waals surface area contributed by atoms with Crippen LogP contribution in [0.5, 0.6) is 0 Å². The molecule has 0 aliphatic carbocycles. The maximum atomic E-state index is 12.6. The number of amides is 1. The van der Waals surface area contributed by atoms with E-state index in [4.69, 9.17) is 0 Å². The number of nitrogens with zero attached hydrogens (tertiary/aromatic N) is 3. The lowest BCUT2D eigenvalue weighted by Crippen LogP contribution is -2.70. The van der Waals surface area contributed by atoms with Crippen molar-refractivity contribution >= 4 is 5.91 Å². The number of piperazine rings is 1. The zero-order valence-corrected chi connectivity index (χ0v) is 11.8. The fourth-order valence-corrected chi connectivity index (χ4v) is 3.24. The number of hydrogen-bond acceptors (Lipinski definition) is 3. The number of carbonyl (C=O) groups excluding carboxylic acids is 1. The van der Waals surface area contributed by atoms with Gasteiger partial charge < -0.3 is 4.90 Å². The summed E-state index contributed by atoms with van der Waals surface area (Å²) in [6.45, 7) is 8.38. The molecule has 3 heterocycles. The molecule has 2 unspecified atom stereocenters. The lowest BCUT2D eigenvalue weighted by atomic mass is 9.86. The first-order chi connectivity index (χ1) is 9.08. The van der Waals surface area contributed by atoms with Crippen LogP contribution in [0.1, 0.15) is 36.3 Å². The van der Waals surface area contributed by atoms with E-state index in [2.05, 4.69) is 28.6 Å². The first-order valence-corrected chi connectivity index (χ1v) is 7.06. The summed E-state index contributed by atoms with van der Waals surface area (Å²) >= 11 is 0. The molecule has 3 rings (SSSR count). The molecule has 0 spiro atoms. The van der Waals surface area contributed by atoms with Crippen molar-refractivity contribution in [3.8, 4) is 0 Å². The number of carbonyl (C=O) groups is 1. The predicted octanol–water partition coefficient (Wildman–Crippen LogP) is 1.70. The second-order valence-electron chi connectivity index (χ2n) is 5.94. The van der Waals surface area contributed by atoms with Crippen LogP contribution >= 0.6 is 0 Å². The Hall–Kier alpha value is -1.42. The fourth-order valence-electron chi connectivity index (χ4n) is 3.24. The molecule has 102 valence electrons. The molecule has 0 saturated carbocycles. The molecule has 0 N–H and O–H groups in total. The number of pyridine rings is 1. The van der Waals surface area contributed by atoms with Crippen molar-refractivity contribution in [2.45, 2.75) is 45.3 Å². The van der Waals surface area contributed by atoms with Gasteiger partial charge in [-0.2, -0.15) is 0 Å². The summed E-state index contributed by atoms with van der Waals surface area (Å²) in [5.74, 6) is 0.162. The molecule has 2 aliphatic heterocycles. The van der Waals surface area contributed by atoms with Gasteiger partial charge in [-0.25, -0.2) is 0 Å². The van der Waals surface area contributed by atoms with E-state index in [1.807, 2.05) is 19.1 Å². The van der Waals surface area contributed by atoms with Crippen LogP contribution in [0.15, 0.2) is 18.3 Å².